The smallest absolute Gasteiger partial charge is 0.252 e. The highest BCUT2D eigenvalue weighted by molar-refractivity contribution is 5.76. The van der Waals surface area contributed by atoms with Gasteiger partial charge in [-0.1, -0.05) is 6.92 Å². The molecule has 0 bridgehead atoms. The first kappa shape index (κ1) is 12.1. The first-order valence-corrected chi connectivity index (χ1v) is 5.63. The molecule has 2 aromatic heterocycles. The van der Waals surface area contributed by atoms with Gasteiger partial charge in [0.15, 0.2) is 0 Å². The van der Waals surface area contributed by atoms with Gasteiger partial charge in [-0.05, 0) is 25.5 Å². The quantitative estimate of drug-likeness (QED) is 0.635. The number of anilines is 1. The zero-order chi connectivity index (χ0) is 13.0. The summed E-state index contributed by atoms with van der Waals surface area (Å²) >= 11 is 0. The number of hydrogen-bond acceptors (Lipinski definition) is 5. The Morgan fingerprint density at radius 2 is 2.39 bits per heavy atom. The van der Waals surface area contributed by atoms with Crippen molar-refractivity contribution in [3.05, 3.63) is 45.8 Å². The van der Waals surface area contributed by atoms with Crippen LogP contribution in [-0.2, 0) is 6.42 Å². The van der Waals surface area contributed by atoms with Gasteiger partial charge in [0.2, 0.25) is 5.95 Å². The summed E-state index contributed by atoms with van der Waals surface area (Å²) in [5.41, 5.74) is 3.17. The largest absolute Gasteiger partial charge is 0.460 e. The zero-order valence-corrected chi connectivity index (χ0v) is 10.2. The summed E-state index contributed by atoms with van der Waals surface area (Å²) in [6, 6.07) is 5.11. The maximum Gasteiger partial charge on any atom is 0.252 e. The summed E-state index contributed by atoms with van der Waals surface area (Å²) in [6.07, 6.45) is 2.21. The number of nitrogens with zero attached hydrogens (tertiary/aromatic N) is 2. The van der Waals surface area contributed by atoms with E-state index in [1.807, 2.05) is 19.9 Å². The highest BCUT2D eigenvalue weighted by Crippen LogP contribution is 2.03. The number of rotatable bonds is 4. The van der Waals surface area contributed by atoms with Crippen molar-refractivity contribution in [1.82, 2.24) is 9.97 Å². The van der Waals surface area contributed by atoms with Crippen molar-refractivity contribution < 1.29 is 4.42 Å². The fourth-order valence-corrected chi connectivity index (χ4v) is 1.42. The zero-order valence-electron chi connectivity index (χ0n) is 10.2. The number of aromatic amines is 1. The molecule has 2 heterocycles. The highest BCUT2D eigenvalue weighted by atomic mass is 16.3. The van der Waals surface area contributed by atoms with Gasteiger partial charge in [0.05, 0.1) is 6.21 Å². The van der Waals surface area contributed by atoms with Crippen molar-refractivity contribution in [2.45, 2.75) is 20.3 Å². The van der Waals surface area contributed by atoms with Gasteiger partial charge in [-0.15, -0.1) is 0 Å². The van der Waals surface area contributed by atoms with E-state index in [0.717, 1.165) is 5.76 Å². The Labute approximate surface area is 104 Å². The molecule has 6 nitrogen and oxygen atoms in total. The summed E-state index contributed by atoms with van der Waals surface area (Å²) in [5, 5.41) is 3.94. The molecule has 0 atom stereocenters. The molecule has 0 aliphatic carbocycles. The number of H-pyrrole nitrogens is 1. The predicted molar refractivity (Wildman–Crippen MR) is 68.9 cm³/mol. The maximum atomic E-state index is 11.3. The summed E-state index contributed by atoms with van der Waals surface area (Å²) in [7, 11) is 0. The van der Waals surface area contributed by atoms with Crippen LogP contribution in [0.5, 0.6) is 0 Å². The number of nitrogens with one attached hydrogen (secondary N) is 2. The van der Waals surface area contributed by atoms with Gasteiger partial charge >= 0.3 is 0 Å². The standard InChI is InChI=1S/C12H14N4O2/c1-3-9-6-11(17)15-12(14-9)16-13-7-10-5-4-8(2)18-10/h4-7H,3H2,1-2H3,(H2,14,15,16,17)/b13-7-. The van der Waals surface area contributed by atoms with Crippen LogP contribution in [0.3, 0.4) is 0 Å². The Balaban J connectivity index is 2.08. The van der Waals surface area contributed by atoms with Crippen LogP contribution >= 0.6 is 0 Å². The summed E-state index contributed by atoms with van der Waals surface area (Å²) in [4.78, 5) is 18.0. The molecule has 0 aliphatic heterocycles. The van der Waals surface area contributed by atoms with Gasteiger partial charge in [-0.3, -0.25) is 9.78 Å². The molecule has 6 heteroatoms. The summed E-state index contributed by atoms with van der Waals surface area (Å²) in [5.74, 6) is 1.77. The molecule has 0 spiro atoms. The van der Waals surface area contributed by atoms with E-state index < -0.39 is 0 Å². The molecule has 0 unspecified atom stereocenters. The van der Waals surface area contributed by atoms with Crippen LogP contribution in [0.2, 0.25) is 0 Å². The van der Waals surface area contributed by atoms with Crippen LogP contribution in [-0.4, -0.2) is 16.2 Å². The van der Waals surface area contributed by atoms with Crippen molar-refractivity contribution in [1.29, 1.82) is 0 Å². The normalized spacial score (nSPS) is 11.0. The Hall–Kier alpha value is -2.37. The number of hydrazone groups is 1. The Morgan fingerprint density at radius 1 is 1.56 bits per heavy atom. The van der Waals surface area contributed by atoms with E-state index in [4.69, 9.17) is 4.42 Å². The molecule has 0 amide bonds. The van der Waals surface area contributed by atoms with Crippen molar-refractivity contribution in [3.8, 4) is 0 Å². The molecule has 2 N–H and O–H groups in total. The molecule has 0 saturated heterocycles. The third-order valence-corrected chi connectivity index (χ3v) is 2.28. The third-order valence-electron chi connectivity index (χ3n) is 2.28. The summed E-state index contributed by atoms with van der Waals surface area (Å²) < 4.78 is 5.31. The van der Waals surface area contributed by atoms with Crippen molar-refractivity contribution in [2.75, 3.05) is 5.43 Å². The topological polar surface area (TPSA) is 83.3 Å². The molecular formula is C12H14N4O2. The second kappa shape index (κ2) is 5.31. The molecule has 0 fully saturated rings. The highest BCUT2D eigenvalue weighted by Gasteiger charge is 1.98. The fraction of sp³-hybridized carbons (Fsp3) is 0.250. The van der Waals surface area contributed by atoms with Crippen LogP contribution in [0.1, 0.15) is 24.1 Å². The average Bonchev–Trinajstić information content (AvgIpc) is 2.74. The van der Waals surface area contributed by atoms with Gasteiger partial charge in [0, 0.05) is 11.8 Å². The summed E-state index contributed by atoms with van der Waals surface area (Å²) in [6.45, 7) is 3.79. The van der Waals surface area contributed by atoms with E-state index in [1.165, 1.54) is 12.3 Å². The lowest BCUT2D eigenvalue weighted by Gasteiger charge is -2.00. The molecule has 0 aliphatic rings. The van der Waals surface area contributed by atoms with Gasteiger partial charge in [0.25, 0.3) is 5.56 Å². The van der Waals surface area contributed by atoms with Crippen molar-refractivity contribution >= 4 is 12.2 Å². The molecule has 94 valence electrons. The number of furan rings is 1. The first-order chi connectivity index (χ1) is 8.67. The minimum absolute atomic E-state index is 0.201. The number of hydrogen-bond donors (Lipinski definition) is 2. The van der Waals surface area contributed by atoms with Crippen LogP contribution < -0.4 is 11.0 Å². The van der Waals surface area contributed by atoms with Crippen LogP contribution in [0, 0.1) is 6.92 Å². The van der Waals surface area contributed by atoms with E-state index in [2.05, 4.69) is 20.5 Å². The third kappa shape index (κ3) is 3.07. The van der Waals surface area contributed by atoms with Gasteiger partial charge < -0.3 is 4.42 Å². The lowest BCUT2D eigenvalue weighted by molar-refractivity contribution is 0.528. The monoisotopic (exact) mass is 246 g/mol. The molecule has 18 heavy (non-hydrogen) atoms. The fourth-order valence-electron chi connectivity index (χ4n) is 1.42. The lowest BCUT2D eigenvalue weighted by atomic mass is 10.3. The van der Waals surface area contributed by atoms with Crippen LogP contribution in [0.4, 0.5) is 5.95 Å². The second-order valence-electron chi connectivity index (χ2n) is 3.76. The number of aromatic nitrogens is 2. The Bertz CT molecular complexity index is 613. The first-order valence-electron chi connectivity index (χ1n) is 5.63. The van der Waals surface area contributed by atoms with E-state index >= 15 is 0 Å². The molecule has 2 aromatic rings. The van der Waals surface area contributed by atoms with Crippen LogP contribution in [0.25, 0.3) is 0 Å². The van der Waals surface area contributed by atoms with E-state index in [1.54, 1.807) is 6.07 Å². The molecule has 0 saturated carbocycles. The lowest BCUT2D eigenvalue weighted by Crippen LogP contribution is -2.11. The Kier molecular flexibility index (Phi) is 3.57. The van der Waals surface area contributed by atoms with E-state index in [-0.39, 0.29) is 5.56 Å². The van der Waals surface area contributed by atoms with Gasteiger partial charge in [-0.25, -0.2) is 10.4 Å². The molecule has 2 rings (SSSR count). The second-order valence-corrected chi connectivity index (χ2v) is 3.76. The Morgan fingerprint density at radius 3 is 3.06 bits per heavy atom. The molecule has 0 aromatic carbocycles. The van der Waals surface area contributed by atoms with E-state index in [0.29, 0.717) is 23.8 Å². The molecule has 0 radical (unpaired) electrons. The van der Waals surface area contributed by atoms with Crippen LogP contribution in [0.15, 0.2) is 32.5 Å². The maximum absolute atomic E-state index is 11.3. The minimum atomic E-state index is -0.201. The van der Waals surface area contributed by atoms with Gasteiger partial charge in [-0.2, -0.15) is 5.10 Å². The molecular weight excluding hydrogens is 232 g/mol. The minimum Gasteiger partial charge on any atom is -0.460 e. The predicted octanol–water partition coefficient (Wildman–Crippen LogP) is 1.68. The van der Waals surface area contributed by atoms with E-state index in [9.17, 15) is 4.79 Å². The van der Waals surface area contributed by atoms with Crippen molar-refractivity contribution in [3.63, 3.8) is 0 Å². The SMILES string of the molecule is CCc1cc(=O)[nH]c(N/N=C\c2ccc(C)o2)n1. The average molecular weight is 246 g/mol. The van der Waals surface area contributed by atoms with Gasteiger partial charge in [0.1, 0.15) is 11.5 Å². The number of aryl methyl sites for hydroxylation is 2. The van der Waals surface area contributed by atoms with Crippen molar-refractivity contribution in [2.24, 2.45) is 5.10 Å².